The Morgan fingerprint density at radius 2 is 1.77 bits per heavy atom. The van der Waals surface area contributed by atoms with Gasteiger partial charge in [-0.05, 0) is 30.3 Å². The van der Waals surface area contributed by atoms with Crippen molar-refractivity contribution < 1.29 is 27.5 Å². The predicted molar refractivity (Wildman–Crippen MR) is 113 cm³/mol. The average Bonchev–Trinajstić information content (AvgIpc) is 2.73. The number of nitrogens with zero attached hydrogens (tertiary/aromatic N) is 1. The number of anilines is 1. The molecule has 2 aromatic rings. The smallest absolute Gasteiger partial charge is 0.340 e. The van der Waals surface area contributed by atoms with Crippen LogP contribution in [-0.4, -0.2) is 51.4 Å². The third kappa shape index (κ3) is 5.50. The first-order valence-electron chi connectivity index (χ1n) is 9.14. The van der Waals surface area contributed by atoms with E-state index >= 15 is 0 Å². The minimum atomic E-state index is -3.78. The molecule has 0 heterocycles. The zero-order chi connectivity index (χ0) is 22.3. The van der Waals surface area contributed by atoms with Crippen LogP contribution in [-0.2, 0) is 19.6 Å². The van der Waals surface area contributed by atoms with Crippen molar-refractivity contribution >= 4 is 39.2 Å². The van der Waals surface area contributed by atoms with E-state index in [9.17, 15) is 18.0 Å². The standard InChI is InChI=1S/C20H23ClN2O6S/c1-4-23(5-2)30(26,27)14-10-11-16(21)15(12-14)20(25)29-13-19(24)22-17-8-6-7-9-18(17)28-3/h6-12H,4-5,13H2,1-3H3,(H,22,24). The number of hydrogen-bond donors (Lipinski definition) is 1. The molecule has 0 aliphatic heterocycles. The van der Waals surface area contributed by atoms with Crippen molar-refractivity contribution in [2.24, 2.45) is 0 Å². The molecule has 10 heteroatoms. The predicted octanol–water partition coefficient (Wildman–Crippen LogP) is 3.17. The van der Waals surface area contributed by atoms with Gasteiger partial charge in [0.1, 0.15) is 5.75 Å². The lowest BCUT2D eigenvalue weighted by Crippen LogP contribution is -2.30. The first kappa shape index (κ1) is 23.7. The fourth-order valence-electron chi connectivity index (χ4n) is 2.68. The fraction of sp³-hybridized carbons (Fsp3) is 0.300. The number of methoxy groups -OCH3 is 1. The summed E-state index contributed by atoms with van der Waals surface area (Å²) in [6.45, 7) is 3.41. The van der Waals surface area contributed by atoms with Crippen LogP contribution in [0.3, 0.4) is 0 Å². The molecule has 1 amide bonds. The number of sulfonamides is 1. The Balaban J connectivity index is 2.12. The maximum absolute atomic E-state index is 12.7. The monoisotopic (exact) mass is 454 g/mol. The third-order valence-corrected chi connectivity index (χ3v) is 6.59. The number of amides is 1. The van der Waals surface area contributed by atoms with E-state index in [0.717, 1.165) is 6.07 Å². The fourth-order valence-corrected chi connectivity index (χ4v) is 4.36. The van der Waals surface area contributed by atoms with Gasteiger partial charge in [-0.2, -0.15) is 4.31 Å². The first-order valence-corrected chi connectivity index (χ1v) is 11.0. The summed E-state index contributed by atoms with van der Waals surface area (Å²) in [6.07, 6.45) is 0. The molecular weight excluding hydrogens is 432 g/mol. The molecule has 2 aromatic carbocycles. The van der Waals surface area contributed by atoms with Crippen LogP contribution in [0, 0.1) is 0 Å². The van der Waals surface area contributed by atoms with E-state index < -0.39 is 28.5 Å². The number of hydrogen-bond acceptors (Lipinski definition) is 6. The maximum Gasteiger partial charge on any atom is 0.340 e. The molecule has 2 rings (SSSR count). The zero-order valence-corrected chi connectivity index (χ0v) is 18.4. The molecule has 0 spiro atoms. The van der Waals surface area contributed by atoms with E-state index in [4.69, 9.17) is 21.1 Å². The largest absolute Gasteiger partial charge is 0.495 e. The Morgan fingerprint density at radius 1 is 1.10 bits per heavy atom. The maximum atomic E-state index is 12.7. The molecule has 0 saturated carbocycles. The SMILES string of the molecule is CCN(CC)S(=O)(=O)c1ccc(Cl)c(C(=O)OCC(=O)Nc2ccccc2OC)c1. The van der Waals surface area contributed by atoms with E-state index in [1.54, 1.807) is 38.1 Å². The van der Waals surface area contributed by atoms with Crippen molar-refractivity contribution in [3.05, 3.63) is 53.1 Å². The summed E-state index contributed by atoms with van der Waals surface area (Å²) in [6, 6.07) is 10.5. The molecule has 30 heavy (non-hydrogen) atoms. The van der Waals surface area contributed by atoms with E-state index in [1.165, 1.54) is 23.5 Å². The van der Waals surface area contributed by atoms with Gasteiger partial charge in [0.15, 0.2) is 6.61 Å². The van der Waals surface area contributed by atoms with Gasteiger partial charge in [-0.15, -0.1) is 0 Å². The highest BCUT2D eigenvalue weighted by molar-refractivity contribution is 7.89. The topological polar surface area (TPSA) is 102 Å². The molecule has 1 N–H and O–H groups in total. The second-order valence-electron chi connectivity index (χ2n) is 6.06. The molecule has 0 saturated heterocycles. The van der Waals surface area contributed by atoms with Gasteiger partial charge < -0.3 is 14.8 Å². The van der Waals surface area contributed by atoms with E-state index in [-0.39, 0.29) is 28.6 Å². The highest BCUT2D eigenvalue weighted by atomic mass is 35.5. The van der Waals surface area contributed by atoms with E-state index in [1.807, 2.05) is 0 Å². The third-order valence-electron chi connectivity index (χ3n) is 4.22. The van der Waals surface area contributed by atoms with Crippen LogP contribution in [0.25, 0.3) is 0 Å². The van der Waals surface area contributed by atoms with Crippen molar-refractivity contribution in [2.75, 3.05) is 32.1 Å². The summed E-state index contributed by atoms with van der Waals surface area (Å²) < 4.78 is 36.7. The quantitative estimate of drug-likeness (QED) is 0.584. The molecule has 0 aliphatic rings. The van der Waals surface area contributed by atoms with Crippen LogP contribution in [0.1, 0.15) is 24.2 Å². The van der Waals surface area contributed by atoms with Gasteiger partial charge in [-0.3, -0.25) is 4.79 Å². The number of halogens is 1. The van der Waals surface area contributed by atoms with Crippen LogP contribution >= 0.6 is 11.6 Å². The van der Waals surface area contributed by atoms with Crippen molar-refractivity contribution in [3.63, 3.8) is 0 Å². The molecule has 0 unspecified atom stereocenters. The van der Waals surface area contributed by atoms with Crippen molar-refractivity contribution in [1.29, 1.82) is 0 Å². The number of rotatable bonds is 9. The Bertz CT molecular complexity index is 1020. The molecular formula is C20H23ClN2O6S. The second-order valence-corrected chi connectivity index (χ2v) is 8.40. The van der Waals surface area contributed by atoms with E-state index in [0.29, 0.717) is 11.4 Å². The Labute approximate surface area is 180 Å². The van der Waals surface area contributed by atoms with Crippen LogP contribution in [0.4, 0.5) is 5.69 Å². The Hall–Kier alpha value is -2.62. The van der Waals surface area contributed by atoms with Crippen LogP contribution in [0.5, 0.6) is 5.75 Å². The van der Waals surface area contributed by atoms with Crippen LogP contribution in [0.15, 0.2) is 47.4 Å². The number of benzene rings is 2. The number of esters is 1. The molecule has 0 aliphatic carbocycles. The average molecular weight is 455 g/mol. The molecule has 0 atom stereocenters. The van der Waals surface area contributed by atoms with Gasteiger partial charge >= 0.3 is 5.97 Å². The van der Waals surface area contributed by atoms with Crippen LogP contribution in [0.2, 0.25) is 5.02 Å². The second kappa shape index (κ2) is 10.4. The van der Waals surface area contributed by atoms with Gasteiger partial charge in [0.2, 0.25) is 10.0 Å². The summed E-state index contributed by atoms with van der Waals surface area (Å²) >= 11 is 6.05. The lowest BCUT2D eigenvalue weighted by Gasteiger charge is -2.19. The van der Waals surface area contributed by atoms with Gasteiger partial charge in [-0.1, -0.05) is 37.6 Å². The number of carbonyl (C=O) groups is 2. The van der Waals surface area contributed by atoms with Gasteiger partial charge in [-0.25, -0.2) is 13.2 Å². The van der Waals surface area contributed by atoms with Crippen molar-refractivity contribution in [3.8, 4) is 5.75 Å². The lowest BCUT2D eigenvalue weighted by molar-refractivity contribution is -0.119. The van der Waals surface area contributed by atoms with Crippen molar-refractivity contribution in [2.45, 2.75) is 18.7 Å². The Kier molecular flexibility index (Phi) is 8.22. The van der Waals surface area contributed by atoms with E-state index in [2.05, 4.69) is 5.32 Å². The number of nitrogens with one attached hydrogen (secondary N) is 1. The van der Waals surface area contributed by atoms with Gasteiger partial charge in [0.05, 0.1) is 28.3 Å². The summed E-state index contributed by atoms with van der Waals surface area (Å²) in [5.74, 6) is -1.04. The minimum absolute atomic E-state index is 0.0173. The first-order chi connectivity index (χ1) is 14.2. The molecule has 0 bridgehead atoms. The van der Waals surface area contributed by atoms with Gasteiger partial charge in [0, 0.05) is 13.1 Å². The van der Waals surface area contributed by atoms with Crippen molar-refractivity contribution in [1.82, 2.24) is 4.31 Å². The lowest BCUT2D eigenvalue weighted by atomic mass is 10.2. The highest BCUT2D eigenvalue weighted by Gasteiger charge is 2.24. The molecule has 162 valence electrons. The normalized spacial score (nSPS) is 11.2. The molecule has 8 nitrogen and oxygen atoms in total. The summed E-state index contributed by atoms with van der Waals surface area (Å²) in [5, 5.41) is 2.59. The number of para-hydroxylation sites is 2. The molecule has 0 aromatic heterocycles. The molecule has 0 radical (unpaired) electrons. The summed E-state index contributed by atoms with van der Waals surface area (Å²) in [7, 11) is -2.32. The number of carbonyl (C=O) groups excluding carboxylic acids is 2. The number of ether oxygens (including phenoxy) is 2. The summed E-state index contributed by atoms with van der Waals surface area (Å²) in [4.78, 5) is 24.4. The Morgan fingerprint density at radius 3 is 2.40 bits per heavy atom. The minimum Gasteiger partial charge on any atom is -0.495 e. The van der Waals surface area contributed by atoms with Crippen LogP contribution < -0.4 is 10.1 Å². The van der Waals surface area contributed by atoms with Gasteiger partial charge in [0.25, 0.3) is 5.91 Å². The highest BCUT2D eigenvalue weighted by Crippen LogP contribution is 2.25. The molecule has 0 fully saturated rings. The zero-order valence-electron chi connectivity index (χ0n) is 16.8. The summed E-state index contributed by atoms with van der Waals surface area (Å²) in [5.41, 5.74) is 0.279.